The van der Waals surface area contributed by atoms with Crippen molar-refractivity contribution in [3.63, 3.8) is 0 Å². The number of hydrogen-bond donors (Lipinski definition) is 1. The van der Waals surface area contributed by atoms with Crippen molar-refractivity contribution in [3.8, 4) is 5.69 Å². The summed E-state index contributed by atoms with van der Waals surface area (Å²) >= 11 is 0. The molecule has 2 fully saturated rings. The molecule has 2 amide bonds. The van der Waals surface area contributed by atoms with Gasteiger partial charge in [-0.05, 0) is 73.6 Å². The standard InChI is InChI=1S/C17H22N6O/c1-11-3-6-14(9-16(11)22-10-18-20-21-22)19-17(24)23(15-7-8-15)12(2)13-4-5-13/h3,6,9-10,12-13,15H,4-5,7-8H2,1-2H3,(H,19,24). The first kappa shape index (κ1) is 15.1. The SMILES string of the molecule is Cc1ccc(NC(=O)N(C2CC2)C(C)C2CC2)cc1-n1cnnn1. The Balaban J connectivity index is 1.53. The Morgan fingerprint density at radius 3 is 2.75 bits per heavy atom. The van der Waals surface area contributed by atoms with Crippen LogP contribution in [0.5, 0.6) is 0 Å². The maximum Gasteiger partial charge on any atom is 0.322 e. The summed E-state index contributed by atoms with van der Waals surface area (Å²) in [5.74, 6) is 0.672. The number of aryl methyl sites for hydroxylation is 1. The third-order valence-electron chi connectivity index (χ3n) is 4.97. The van der Waals surface area contributed by atoms with Crippen LogP contribution < -0.4 is 5.32 Å². The van der Waals surface area contributed by atoms with Crippen molar-refractivity contribution >= 4 is 11.7 Å². The Kier molecular flexibility index (Phi) is 3.70. The fourth-order valence-corrected chi connectivity index (χ4v) is 3.24. The molecule has 1 atom stereocenters. The van der Waals surface area contributed by atoms with E-state index in [2.05, 4.69) is 27.8 Å². The third-order valence-corrected chi connectivity index (χ3v) is 4.97. The fraction of sp³-hybridized carbons (Fsp3) is 0.529. The van der Waals surface area contributed by atoms with E-state index >= 15 is 0 Å². The number of anilines is 1. The smallest absolute Gasteiger partial charge is 0.319 e. The number of benzene rings is 1. The number of tetrazole rings is 1. The zero-order chi connectivity index (χ0) is 16.7. The predicted molar refractivity (Wildman–Crippen MR) is 90.0 cm³/mol. The van der Waals surface area contributed by atoms with E-state index < -0.39 is 0 Å². The second kappa shape index (κ2) is 5.89. The van der Waals surface area contributed by atoms with Crippen LogP contribution in [0, 0.1) is 12.8 Å². The summed E-state index contributed by atoms with van der Waals surface area (Å²) in [5, 5.41) is 14.3. The van der Waals surface area contributed by atoms with E-state index in [1.54, 1.807) is 11.0 Å². The summed E-state index contributed by atoms with van der Waals surface area (Å²) < 4.78 is 1.61. The molecule has 0 bridgehead atoms. The van der Waals surface area contributed by atoms with Crippen molar-refractivity contribution in [3.05, 3.63) is 30.1 Å². The van der Waals surface area contributed by atoms with E-state index in [-0.39, 0.29) is 6.03 Å². The molecule has 24 heavy (non-hydrogen) atoms. The average Bonchev–Trinajstić information content (AvgIpc) is 3.49. The largest absolute Gasteiger partial charge is 0.322 e. The zero-order valence-corrected chi connectivity index (χ0v) is 14.0. The Morgan fingerprint density at radius 2 is 2.12 bits per heavy atom. The van der Waals surface area contributed by atoms with Crippen LogP contribution in [0.4, 0.5) is 10.5 Å². The summed E-state index contributed by atoms with van der Waals surface area (Å²) in [6, 6.07) is 6.54. The molecule has 0 radical (unpaired) electrons. The Bertz CT molecular complexity index is 736. The monoisotopic (exact) mass is 326 g/mol. The second-order valence-corrected chi connectivity index (χ2v) is 6.90. The molecule has 126 valence electrons. The number of nitrogens with one attached hydrogen (secondary N) is 1. The quantitative estimate of drug-likeness (QED) is 0.916. The molecule has 0 saturated heterocycles. The number of carbonyl (C=O) groups excluding carboxylic acids is 1. The Labute approximate surface area is 141 Å². The molecule has 2 saturated carbocycles. The van der Waals surface area contributed by atoms with Gasteiger partial charge >= 0.3 is 6.03 Å². The van der Waals surface area contributed by atoms with Gasteiger partial charge in [-0.25, -0.2) is 9.48 Å². The molecule has 0 aliphatic heterocycles. The Morgan fingerprint density at radius 1 is 1.33 bits per heavy atom. The van der Waals surface area contributed by atoms with Gasteiger partial charge in [0.05, 0.1) is 5.69 Å². The highest BCUT2D eigenvalue weighted by molar-refractivity contribution is 5.90. The zero-order valence-electron chi connectivity index (χ0n) is 14.0. The summed E-state index contributed by atoms with van der Waals surface area (Å²) in [7, 11) is 0. The number of rotatable bonds is 5. The number of amides is 2. The van der Waals surface area contributed by atoms with Gasteiger partial charge in [-0.1, -0.05) is 6.07 Å². The van der Waals surface area contributed by atoms with Crippen LogP contribution in [-0.4, -0.2) is 43.2 Å². The number of aromatic nitrogens is 4. The van der Waals surface area contributed by atoms with Crippen molar-refractivity contribution < 1.29 is 4.79 Å². The van der Waals surface area contributed by atoms with Gasteiger partial charge in [0.1, 0.15) is 6.33 Å². The fourth-order valence-electron chi connectivity index (χ4n) is 3.24. The lowest BCUT2D eigenvalue weighted by atomic mass is 10.1. The van der Waals surface area contributed by atoms with E-state index in [1.165, 1.54) is 12.8 Å². The number of hydrogen-bond acceptors (Lipinski definition) is 4. The van der Waals surface area contributed by atoms with E-state index in [9.17, 15) is 4.79 Å². The van der Waals surface area contributed by atoms with Gasteiger partial charge < -0.3 is 10.2 Å². The molecule has 2 aliphatic rings. The predicted octanol–water partition coefficient (Wildman–Crippen LogP) is 2.77. The first-order valence-corrected chi connectivity index (χ1v) is 8.57. The average molecular weight is 326 g/mol. The number of carbonyl (C=O) groups is 1. The van der Waals surface area contributed by atoms with Gasteiger partial charge in [-0.3, -0.25) is 0 Å². The normalized spacial score (nSPS) is 18.2. The molecule has 1 unspecified atom stereocenters. The molecular weight excluding hydrogens is 304 g/mol. The van der Waals surface area contributed by atoms with Crippen LogP contribution in [0.25, 0.3) is 5.69 Å². The molecule has 7 nitrogen and oxygen atoms in total. The lowest BCUT2D eigenvalue weighted by Gasteiger charge is -2.29. The second-order valence-electron chi connectivity index (χ2n) is 6.90. The van der Waals surface area contributed by atoms with Gasteiger partial charge in [0, 0.05) is 17.8 Å². The molecule has 1 heterocycles. The van der Waals surface area contributed by atoms with Crippen LogP contribution in [0.1, 0.15) is 38.2 Å². The van der Waals surface area contributed by atoms with Crippen molar-refractivity contribution in [2.75, 3.05) is 5.32 Å². The van der Waals surface area contributed by atoms with E-state index in [1.807, 2.05) is 30.0 Å². The first-order chi connectivity index (χ1) is 11.6. The minimum absolute atomic E-state index is 0.00317. The van der Waals surface area contributed by atoms with Crippen LogP contribution in [-0.2, 0) is 0 Å². The number of urea groups is 1. The highest BCUT2D eigenvalue weighted by Crippen LogP contribution is 2.40. The molecule has 2 aliphatic carbocycles. The van der Waals surface area contributed by atoms with Crippen molar-refractivity contribution in [2.24, 2.45) is 5.92 Å². The molecule has 0 spiro atoms. The summed E-state index contributed by atoms with van der Waals surface area (Å²) in [6.07, 6.45) is 6.28. The van der Waals surface area contributed by atoms with E-state index in [4.69, 9.17) is 0 Å². The highest BCUT2D eigenvalue weighted by atomic mass is 16.2. The van der Waals surface area contributed by atoms with Crippen LogP contribution in [0.15, 0.2) is 24.5 Å². The van der Waals surface area contributed by atoms with Gasteiger partial charge in [-0.15, -0.1) is 5.10 Å². The lowest BCUT2D eigenvalue weighted by Crippen LogP contribution is -2.44. The minimum Gasteiger partial charge on any atom is -0.319 e. The third kappa shape index (κ3) is 2.98. The number of nitrogens with zero attached hydrogens (tertiary/aromatic N) is 5. The van der Waals surface area contributed by atoms with E-state index in [0.717, 1.165) is 29.8 Å². The Hall–Kier alpha value is -2.44. The summed E-state index contributed by atoms with van der Waals surface area (Å²) in [6.45, 7) is 4.17. The van der Waals surface area contributed by atoms with Gasteiger partial charge in [0.15, 0.2) is 0 Å². The molecule has 1 aromatic carbocycles. The molecule has 1 aromatic heterocycles. The van der Waals surface area contributed by atoms with Gasteiger partial charge in [0.25, 0.3) is 0 Å². The summed E-state index contributed by atoms with van der Waals surface area (Å²) in [4.78, 5) is 14.9. The maximum absolute atomic E-state index is 12.8. The topological polar surface area (TPSA) is 75.9 Å². The molecule has 1 N–H and O–H groups in total. The van der Waals surface area contributed by atoms with Gasteiger partial charge in [-0.2, -0.15) is 0 Å². The minimum atomic E-state index is 0.00317. The van der Waals surface area contributed by atoms with Crippen LogP contribution >= 0.6 is 0 Å². The van der Waals surface area contributed by atoms with Crippen LogP contribution in [0.3, 0.4) is 0 Å². The molecular formula is C17H22N6O. The molecule has 2 aromatic rings. The van der Waals surface area contributed by atoms with Gasteiger partial charge in [0.2, 0.25) is 0 Å². The molecule has 4 rings (SSSR count). The lowest BCUT2D eigenvalue weighted by molar-refractivity contribution is 0.180. The van der Waals surface area contributed by atoms with Crippen molar-refractivity contribution in [1.29, 1.82) is 0 Å². The van der Waals surface area contributed by atoms with Crippen LogP contribution in [0.2, 0.25) is 0 Å². The highest BCUT2D eigenvalue weighted by Gasteiger charge is 2.41. The van der Waals surface area contributed by atoms with Crippen molar-refractivity contribution in [1.82, 2.24) is 25.1 Å². The molecule has 7 heteroatoms. The maximum atomic E-state index is 12.8. The summed E-state index contributed by atoms with van der Waals surface area (Å²) in [5.41, 5.74) is 2.68. The van der Waals surface area contributed by atoms with E-state index in [0.29, 0.717) is 18.0 Å². The first-order valence-electron chi connectivity index (χ1n) is 8.57. The van der Waals surface area contributed by atoms with Crippen molar-refractivity contribution in [2.45, 2.75) is 51.6 Å².